The first-order valence-electron chi connectivity index (χ1n) is 11.0. The molecule has 0 saturated heterocycles. The molecule has 3 heterocycles. The topological polar surface area (TPSA) is 108 Å². The lowest BCUT2D eigenvalue weighted by Gasteiger charge is -2.19. The van der Waals surface area contributed by atoms with E-state index in [1.165, 1.54) is 0 Å². The molecule has 0 fully saturated rings. The van der Waals surface area contributed by atoms with Crippen LogP contribution in [-0.4, -0.2) is 32.8 Å². The first-order chi connectivity index (χ1) is 15.7. The molecule has 33 heavy (non-hydrogen) atoms. The van der Waals surface area contributed by atoms with E-state index in [0.717, 1.165) is 38.9 Å². The Balaban J connectivity index is 1.81. The summed E-state index contributed by atoms with van der Waals surface area (Å²) in [6, 6.07) is 9.53. The molecule has 4 N–H and O–H groups in total. The van der Waals surface area contributed by atoms with Gasteiger partial charge in [0, 0.05) is 41.6 Å². The summed E-state index contributed by atoms with van der Waals surface area (Å²) in [5.74, 6) is 0.564. The summed E-state index contributed by atoms with van der Waals surface area (Å²) >= 11 is 0. The minimum Gasteiger partial charge on any atom is -0.384 e. The molecule has 0 atom stereocenters. The molecular weight excluding hydrogens is 414 g/mol. The summed E-state index contributed by atoms with van der Waals surface area (Å²) in [5.41, 5.74) is 12.1. The molecule has 4 aromatic rings. The lowest BCUT2D eigenvalue weighted by atomic mass is 9.96. The number of amides is 1. The molecule has 0 aliphatic carbocycles. The fourth-order valence-corrected chi connectivity index (χ4v) is 4.23. The fourth-order valence-electron chi connectivity index (χ4n) is 4.23. The molecule has 0 spiro atoms. The highest BCUT2D eigenvalue weighted by atomic mass is 16.2. The number of rotatable bonds is 5. The lowest BCUT2D eigenvalue weighted by molar-refractivity contribution is 0.0786. The predicted octanol–water partition coefficient (Wildman–Crippen LogP) is 4.51. The van der Waals surface area contributed by atoms with Gasteiger partial charge < -0.3 is 20.6 Å². The second-order valence-corrected chi connectivity index (χ2v) is 8.92. The Hall–Kier alpha value is -3.87. The first kappa shape index (κ1) is 22.3. The van der Waals surface area contributed by atoms with Crippen LogP contribution < -0.4 is 11.3 Å². The van der Waals surface area contributed by atoms with Crippen molar-refractivity contribution in [3.63, 3.8) is 0 Å². The number of H-pyrrole nitrogens is 2. The van der Waals surface area contributed by atoms with Gasteiger partial charge in [-0.25, -0.2) is 4.98 Å². The largest absolute Gasteiger partial charge is 0.384 e. The number of nitrogens with two attached hydrogens (primary N) is 1. The third-order valence-electron chi connectivity index (χ3n) is 6.03. The number of nitrogens with one attached hydrogen (secondary N) is 2. The van der Waals surface area contributed by atoms with Gasteiger partial charge in [-0.05, 0) is 66.8 Å². The molecule has 3 aromatic heterocycles. The van der Waals surface area contributed by atoms with E-state index < -0.39 is 0 Å². The van der Waals surface area contributed by atoms with Gasteiger partial charge >= 0.3 is 0 Å². The number of benzene rings is 1. The highest BCUT2D eigenvalue weighted by molar-refractivity contribution is 6.08. The molecule has 0 bridgehead atoms. The van der Waals surface area contributed by atoms with Gasteiger partial charge in [0.1, 0.15) is 5.82 Å². The molecule has 7 nitrogen and oxygen atoms in total. The van der Waals surface area contributed by atoms with Crippen LogP contribution in [-0.2, 0) is 6.54 Å². The maximum Gasteiger partial charge on any atom is 0.256 e. The van der Waals surface area contributed by atoms with Crippen molar-refractivity contribution >= 4 is 22.6 Å². The van der Waals surface area contributed by atoms with Crippen molar-refractivity contribution in [2.75, 3.05) is 12.8 Å². The van der Waals surface area contributed by atoms with Gasteiger partial charge in [0.25, 0.3) is 11.5 Å². The van der Waals surface area contributed by atoms with Gasteiger partial charge in [-0.3, -0.25) is 9.59 Å². The van der Waals surface area contributed by atoms with Crippen molar-refractivity contribution in [2.24, 2.45) is 0 Å². The number of aromatic amines is 2. The maximum absolute atomic E-state index is 13.6. The number of aromatic nitrogens is 3. The Morgan fingerprint density at radius 1 is 1.15 bits per heavy atom. The predicted molar refractivity (Wildman–Crippen MR) is 132 cm³/mol. The fraction of sp³-hybridized carbons (Fsp3) is 0.269. The second kappa shape index (κ2) is 8.58. The number of fused-ring (bicyclic) bond motifs is 1. The number of nitrogen functional groups attached to an aromatic ring is 1. The zero-order valence-corrected chi connectivity index (χ0v) is 19.6. The highest BCUT2D eigenvalue weighted by Gasteiger charge is 2.21. The van der Waals surface area contributed by atoms with Crippen molar-refractivity contribution in [1.29, 1.82) is 0 Å². The van der Waals surface area contributed by atoms with Crippen molar-refractivity contribution in [1.82, 2.24) is 19.9 Å². The Bertz CT molecular complexity index is 1400. The van der Waals surface area contributed by atoms with E-state index in [1.807, 2.05) is 38.2 Å². The van der Waals surface area contributed by atoms with E-state index >= 15 is 0 Å². The molecule has 1 aromatic carbocycles. The minimum absolute atomic E-state index is 0.165. The molecule has 0 unspecified atom stereocenters. The van der Waals surface area contributed by atoms with Gasteiger partial charge in [0.05, 0.1) is 17.6 Å². The summed E-state index contributed by atoms with van der Waals surface area (Å²) in [6.45, 7) is 8.20. The van der Waals surface area contributed by atoms with Crippen LogP contribution >= 0.6 is 0 Å². The number of hydrogen-bond donors (Lipinski definition) is 3. The number of nitrogens with zero attached hydrogens (tertiary/aromatic N) is 2. The van der Waals surface area contributed by atoms with Crippen molar-refractivity contribution < 1.29 is 4.79 Å². The Morgan fingerprint density at radius 2 is 1.91 bits per heavy atom. The van der Waals surface area contributed by atoms with Crippen molar-refractivity contribution in [3.8, 4) is 11.1 Å². The van der Waals surface area contributed by atoms with Gasteiger partial charge in [0.2, 0.25) is 0 Å². The SMILES string of the molecule is Cc1cc(C)c(CN(C)C(=O)c2cc(-c3ccc(N)nc3)cc3c(C(C)C)c[nH]c23)c(=O)[nH]1. The van der Waals surface area contributed by atoms with E-state index in [9.17, 15) is 9.59 Å². The van der Waals surface area contributed by atoms with Gasteiger partial charge in [0.15, 0.2) is 0 Å². The monoisotopic (exact) mass is 443 g/mol. The normalized spacial score (nSPS) is 11.3. The van der Waals surface area contributed by atoms with Crippen LogP contribution in [0.15, 0.2) is 47.5 Å². The summed E-state index contributed by atoms with van der Waals surface area (Å²) in [7, 11) is 1.72. The smallest absolute Gasteiger partial charge is 0.256 e. The highest BCUT2D eigenvalue weighted by Crippen LogP contribution is 2.33. The van der Waals surface area contributed by atoms with Crippen molar-refractivity contribution in [2.45, 2.75) is 40.2 Å². The average Bonchev–Trinajstić information content (AvgIpc) is 3.19. The molecule has 0 radical (unpaired) electrons. The number of aryl methyl sites for hydroxylation is 2. The average molecular weight is 444 g/mol. The first-order valence-corrected chi connectivity index (χ1v) is 11.0. The summed E-state index contributed by atoms with van der Waals surface area (Å²) < 4.78 is 0. The van der Waals surface area contributed by atoms with Crippen LogP contribution in [0.4, 0.5) is 5.82 Å². The summed E-state index contributed by atoms with van der Waals surface area (Å²) in [4.78, 5) is 38.1. The molecule has 0 aliphatic rings. The van der Waals surface area contributed by atoms with E-state index in [2.05, 4.69) is 34.9 Å². The standard InChI is InChI=1S/C26H29N5O2/c1-14(2)21-12-29-24-19(21)9-18(17-6-7-23(27)28-11-17)10-20(24)26(33)31(5)13-22-15(3)8-16(4)30-25(22)32/h6-12,14,29H,13H2,1-5H3,(H2,27,28)(H,30,32). The van der Waals surface area contributed by atoms with E-state index in [4.69, 9.17) is 5.73 Å². The summed E-state index contributed by atoms with van der Waals surface area (Å²) in [6.07, 6.45) is 3.68. The Kier molecular flexibility index (Phi) is 5.80. The number of pyridine rings is 2. The minimum atomic E-state index is -0.166. The van der Waals surface area contributed by atoms with Crippen molar-refractivity contribution in [3.05, 3.63) is 81.0 Å². The molecule has 0 aliphatic heterocycles. The van der Waals surface area contributed by atoms with Gasteiger partial charge in [-0.2, -0.15) is 0 Å². The van der Waals surface area contributed by atoms with Crippen LogP contribution in [0.3, 0.4) is 0 Å². The van der Waals surface area contributed by atoms with E-state index in [0.29, 0.717) is 16.9 Å². The quantitative estimate of drug-likeness (QED) is 0.422. The van der Waals surface area contributed by atoms with Gasteiger partial charge in [-0.15, -0.1) is 0 Å². The van der Waals surface area contributed by atoms with E-state index in [-0.39, 0.29) is 23.9 Å². The molecule has 1 amide bonds. The third-order valence-corrected chi connectivity index (χ3v) is 6.03. The van der Waals surface area contributed by atoms with Gasteiger partial charge in [-0.1, -0.05) is 13.8 Å². The number of anilines is 1. The molecule has 0 saturated carbocycles. The molecule has 4 rings (SSSR count). The zero-order valence-electron chi connectivity index (χ0n) is 19.6. The van der Waals surface area contributed by atoms with Crippen LogP contribution in [0.2, 0.25) is 0 Å². The Labute approximate surface area is 192 Å². The molecule has 170 valence electrons. The third kappa shape index (κ3) is 4.26. The van der Waals surface area contributed by atoms with E-state index in [1.54, 1.807) is 24.2 Å². The lowest BCUT2D eigenvalue weighted by Crippen LogP contribution is -2.30. The number of carbonyl (C=O) groups is 1. The van der Waals surface area contributed by atoms with Crippen LogP contribution in [0, 0.1) is 13.8 Å². The van der Waals surface area contributed by atoms with Crippen LogP contribution in [0.1, 0.15) is 52.5 Å². The number of hydrogen-bond acceptors (Lipinski definition) is 4. The molecule has 7 heteroatoms. The van der Waals surface area contributed by atoms with Crippen LogP contribution in [0.5, 0.6) is 0 Å². The molecular formula is C26H29N5O2. The maximum atomic E-state index is 13.6. The zero-order chi connectivity index (χ0) is 23.9. The second-order valence-electron chi connectivity index (χ2n) is 8.92. The summed E-state index contributed by atoms with van der Waals surface area (Å²) in [5, 5.41) is 1.00. The van der Waals surface area contributed by atoms with Crippen LogP contribution in [0.25, 0.3) is 22.0 Å². The number of carbonyl (C=O) groups excluding carboxylic acids is 1. The Morgan fingerprint density at radius 3 is 2.55 bits per heavy atom.